The number of carbonyl (C=O) groups excluding carboxylic acids is 2. The number of rotatable bonds is 27. The fraction of sp³-hybridized carbons (Fsp3) is 0.758. The summed E-state index contributed by atoms with van der Waals surface area (Å²) < 4.78 is 42.4. The van der Waals surface area contributed by atoms with E-state index in [2.05, 4.69) is 6.92 Å². The molecule has 0 aliphatic heterocycles. The summed E-state index contributed by atoms with van der Waals surface area (Å²) in [4.78, 5) is 24.9. The van der Waals surface area contributed by atoms with E-state index in [4.69, 9.17) is 9.47 Å². The van der Waals surface area contributed by atoms with Crippen LogP contribution in [-0.4, -0.2) is 43.9 Å². The van der Waals surface area contributed by atoms with E-state index in [1.165, 1.54) is 115 Å². The van der Waals surface area contributed by atoms with Gasteiger partial charge < -0.3 is 14.0 Å². The van der Waals surface area contributed by atoms with Gasteiger partial charge in [-0.1, -0.05) is 135 Å². The van der Waals surface area contributed by atoms with Gasteiger partial charge in [-0.2, -0.15) is 0 Å². The van der Waals surface area contributed by atoms with Crippen molar-refractivity contribution in [3.05, 3.63) is 35.4 Å². The van der Waals surface area contributed by atoms with Crippen molar-refractivity contribution in [3.8, 4) is 0 Å². The summed E-state index contributed by atoms with van der Waals surface area (Å²) in [6, 6.07) is 6.32. The van der Waals surface area contributed by atoms with Crippen molar-refractivity contribution in [3.63, 3.8) is 0 Å². The van der Waals surface area contributed by atoms with Crippen molar-refractivity contribution in [2.24, 2.45) is 0 Å². The van der Waals surface area contributed by atoms with E-state index < -0.39 is 27.8 Å². The number of carbonyl (C=O) groups is 2. The van der Waals surface area contributed by atoms with Crippen LogP contribution >= 0.6 is 0 Å². The van der Waals surface area contributed by atoms with Crippen LogP contribution in [0.1, 0.15) is 162 Å². The first-order valence-corrected chi connectivity index (χ1v) is 17.8. The number of esters is 2. The number of benzene rings is 1. The van der Waals surface area contributed by atoms with E-state index in [0.29, 0.717) is 6.61 Å². The Morgan fingerprint density at radius 3 is 1.21 bits per heavy atom. The van der Waals surface area contributed by atoms with Crippen LogP contribution in [0.2, 0.25) is 0 Å². The van der Waals surface area contributed by atoms with Crippen LogP contribution in [0.4, 0.5) is 0 Å². The van der Waals surface area contributed by atoms with E-state index >= 15 is 0 Å². The molecule has 1 rings (SSSR count). The molecule has 0 aliphatic rings. The van der Waals surface area contributed by atoms with Crippen LogP contribution in [0.3, 0.4) is 0 Å². The van der Waals surface area contributed by atoms with Gasteiger partial charge in [0.05, 0.1) is 34.5 Å². The summed E-state index contributed by atoms with van der Waals surface area (Å²) >= 11 is 0. The van der Waals surface area contributed by atoms with Gasteiger partial charge in [0.25, 0.3) is 0 Å². The number of unbranched alkanes of at least 4 members (excludes halogenated alkanes) is 19. The third-order valence-electron chi connectivity index (χ3n) is 7.37. The Hall–Kier alpha value is -0.930. The Balaban J connectivity index is 0.0000168. The average molecular weight is 619 g/mol. The molecule has 0 atom stereocenters. The second-order valence-corrected chi connectivity index (χ2v) is 12.7. The maximum atomic E-state index is 12.5. The van der Waals surface area contributed by atoms with Gasteiger partial charge in [-0.05, 0) is 31.4 Å². The van der Waals surface area contributed by atoms with Gasteiger partial charge in [0.1, 0.15) is 0 Å². The first kappa shape index (κ1) is 41.1. The fourth-order valence-electron chi connectivity index (χ4n) is 4.89. The molecule has 1 aromatic rings. The minimum atomic E-state index is -4.28. The second-order valence-electron chi connectivity index (χ2n) is 11.2. The van der Waals surface area contributed by atoms with Crippen molar-refractivity contribution < 1.29 is 61.6 Å². The van der Waals surface area contributed by atoms with Crippen LogP contribution in [-0.2, 0) is 19.6 Å². The Morgan fingerprint density at radius 1 is 0.571 bits per heavy atom. The van der Waals surface area contributed by atoms with E-state index in [1.807, 2.05) is 0 Å². The Bertz CT molecular complexity index is 921. The van der Waals surface area contributed by atoms with E-state index in [-0.39, 0.29) is 60.1 Å². The third kappa shape index (κ3) is 23.5. The normalized spacial score (nSPS) is 11.2. The van der Waals surface area contributed by atoms with Crippen molar-refractivity contribution >= 4 is 22.1 Å². The summed E-state index contributed by atoms with van der Waals surface area (Å²) in [6.07, 6.45) is 25.1. The monoisotopic (exact) mass is 618 g/mol. The molecule has 0 heterocycles. The minimum absolute atomic E-state index is 0. The molecule has 0 aromatic heterocycles. The molecule has 0 saturated heterocycles. The van der Waals surface area contributed by atoms with Gasteiger partial charge in [0.2, 0.25) is 0 Å². The molecule has 0 fully saturated rings. The molecule has 0 spiro atoms. The van der Waals surface area contributed by atoms with E-state index in [0.717, 1.165) is 19.3 Å². The van der Waals surface area contributed by atoms with Crippen LogP contribution in [0.25, 0.3) is 0 Å². The molecule has 1 aromatic carbocycles. The van der Waals surface area contributed by atoms with Crippen LogP contribution in [0, 0.1) is 0 Å². The smallest absolute Gasteiger partial charge is 0.748 e. The largest absolute Gasteiger partial charge is 1.00 e. The molecule has 0 N–H and O–H groups in total. The second kappa shape index (κ2) is 27.6. The maximum Gasteiger partial charge on any atom is 1.00 e. The van der Waals surface area contributed by atoms with E-state index in [9.17, 15) is 22.6 Å². The van der Waals surface area contributed by atoms with Gasteiger partial charge in [0.15, 0.2) is 0 Å². The van der Waals surface area contributed by atoms with Crippen molar-refractivity contribution in [1.29, 1.82) is 0 Å². The van der Waals surface area contributed by atoms with Gasteiger partial charge >= 0.3 is 41.5 Å². The zero-order valence-electron chi connectivity index (χ0n) is 26.5. The van der Waals surface area contributed by atoms with Gasteiger partial charge in [-0.15, -0.1) is 0 Å². The molecular formula is C33H55NaO7S. The number of ether oxygens (including phenoxy) is 2. The standard InChI is InChI=1S/C33H56O7S.Na/c1-2-3-4-5-6-7-8-9-10-11-12-13-14-15-16-17-18-19-22-27-39-32(34)30-25-20-21-26-31(30)33(35)40-28-23-24-29-41(36,37)38;/h20-21,25-26H,2-19,22-24,27-29H2,1H3,(H,36,37,38);/q;+1/p-1. The van der Waals surface area contributed by atoms with Gasteiger partial charge in [0, 0.05) is 5.75 Å². The van der Waals surface area contributed by atoms with Gasteiger partial charge in [-0.3, -0.25) is 0 Å². The molecule has 0 amide bonds. The first-order valence-electron chi connectivity index (χ1n) is 16.2. The summed E-state index contributed by atoms with van der Waals surface area (Å²) in [5.74, 6) is -1.73. The molecule has 0 aliphatic carbocycles. The summed E-state index contributed by atoms with van der Waals surface area (Å²) in [6.45, 7) is 2.55. The molecule has 236 valence electrons. The number of hydrogen-bond acceptors (Lipinski definition) is 7. The SMILES string of the molecule is CCCCCCCCCCCCCCCCCCCCCOC(=O)c1ccccc1C(=O)OCCCCS(=O)(=O)[O-].[Na+]. The topological polar surface area (TPSA) is 110 Å². The fourth-order valence-corrected chi connectivity index (χ4v) is 5.44. The molecule has 0 unspecified atom stereocenters. The molecule has 0 bridgehead atoms. The quantitative estimate of drug-likeness (QED) is 0.0534. The first-order chi connectivity index (χ1) is 19.8. The van der Waals surface area contributed by atoms with Crippen LogP contribution in [0.5, 0.6) is 0 Å². The molecule has 9 heteroatoms. The minimum Gasteiger partial charge on any atom is -0.748 e. The zero-order valence-corrected chi connectivity index (χ0v) is 29.4. The molecule has 42 heavy (non-hydrogen) atoms. The molecule has 0 saturated carbocycles. The van der Waals surface area contributed by atoms with Crippen molar-refractivity contribution in [2.45, 2.75) is 142 Å². The van der Waals surface area contributed by atoms with Crippen LogP contribution in [0.15, 0.2) is 24.3 Å². The molecular weight excluding hydrogens is 563 g/mol. The van der Waals surface area contributed by atoms with Crippen LogP contribution < -0.4 is 29.6 Å². The number of hydrogen-bond donors (Lipinski definition) is 0. The maximum absolute atomic E-state index is 12.5. The summed E-state index contributed by atoms with van der Waals surface area (Å²) in [5.41, 5.74) is 0.263. The predicted molar refractivity (Wildman–Crippen MR) is 164 cm³/mol. The Kier molecular flexibility index (Phi) is 27.0. The molecule has 0 radical (unpaired) electrons. The van der Waals surface area contributed by atoms with E-state index in [1.54, 1.807) is 12.1 Å². The average Bonchev–Trinajstić information content (AvgIpc) is 2.95. The van der Waals surface area contributed by atoms with Gasteiger partial charge in [-0.25, -0.2) is 18.0 Å². The predicted octanol–water partition coefficient (Wildman–Crippen LogP) is 5.76. The summed E-state index contributed by atoms with van der Waals surface area (Å²) in [5, 5.41) is 0. The molecule has 7 nitrogen and oxygen atoms in total. The van der Waals surface area contributed by atoms with Crippen molar-refractivity contribution in [1.82, 2.24) is 0 Å². The zero-order chi connectivity index (χ0) is 30.0. The Labute approximate surface area is 278 Å². The Morgan fingerprint density at radius 2 is 0.881 bits per heavy atom. The van der Waals surface area contributed by atoms with Crippen molar-refractivity contribution in [2.75, 3.05) is 19.0 Å². The third-order valence-corrected chi connectivity index (χ3v) is 8.16. The summed E-state index contributed by atoms with van der Waals surface area (Å²) in [7, 11) is -4.28.